The third-order valence-corrected chi connectivity index (χ3v) is 2.51. The molecule has 6 nitrogen and oxygen atoms in total. The summed E-state index contributed by atoms with van der Waals surface area (Å²) in [6.45, 7) is 5.37. The second kappa shape index (κ2) is 4.04. The number of carbonyl (C=O) groups excluding carboxylic acids is 1. The van der Waals surface area contributed by atoms with Crippen LogP contribution in [0.2, 0.25) is 0 Å². The van der Waals surface area contributed by atoms with Crippen molar-refractivity contribution in [1.29, 1.82) is 0 Å². The number of hydrogen-bond acceptors (Lipinski definition) is 4. The third-order valence-electron chi connectivity index (χ3n) is 2.51. The topological polar surface area (TPSA) is 73.0 Å². The number of carbonyl (C=O) groups is 1. The van der Waals surface area contributed by atoms with E-state index in [1.165, 1.54) is 0 Å². The van der Waals surface area contributed by atoms with Crippen LogP contribution in [0, 0.1) is 20.8 Å². The normalized spacial score (nSPS) is 10.6. The first-order valence-electron chi connectivity index (χ1n) is 5.24. The van der Waals surface area contributed by atoms with E-state index in [0.29, 0.717) is 22.8 Å². The van der Waals surface area contributed by atoms with Crippen LogP contribution in [-0.4, -0.2) is 20.8 Å². The maximum Gasteiger partial charge on any atom is 0.274 e. The highest BCUT2D eigenvalue weighted by atomic mass is 16.5. The molecule has 0 aliphatic rings. The van der Waals surface area contributed by atoms with Crippen LogP contribution in [0.5, 0.6) is 0 Å². The zero-order valence-electron chi connectivity index (χ0n) is 10.2. The summed E-state index contributed by atoms with van der Waals surface area (Å²) in [5.74, 6) is 0.372. The van der Waals surface area contributed by atoms with E-state index in [1.807, 2.05) is 6.92 Å². The van der Waals surface area contributed by atoms with Gasteiger partial charge in [-0.2, -0.15) is 5.10 Å². The van der Waals surface area contributed by atoms with E-state index in [0.717, 1.165) is 5.69 Å². The minimum Gasteiger partial charge on any atom is -0.359 e. The first kappa shape index (κ1) is 11.4. The number of nitrogens with one attached hydrogen (secondary N) is 1. The number of aryl methyl sites for hydroxylation is 4. The molecule has 2 rings (SSSR count). The van der Waals surface area contributed by atoms with Crippen LogP contribution in [-0.2, 0) is 7.05 Å². The number of amides is 1. The van der Waals surface area contributed by atoms with Crippen molar-refractivity contribution in [2.45, 2.75) is 20.8 Å². The Labute approximate surface area is 98.6 Å². The fourth-order valence-corrected chi connectivity index (χ4v) is 1.66. The fourth-order valence-electron chi connectivity index (χ4n) is 1.66. The van der Waals surface area contributed by atoms with Gasteiger partial charge in [0.05, 0.1) is 5.69 Å². The lowest BCUT2D eigenvalue weighted by Gasteiger charge is -2.03. The minimum absolute atomic E-state index is 0.220. The van der Waals surface area contributed by atoms with Gasteiger partial charge in [-0.25, -0.2) is 0 Å². The molecule has 0 aromatic carbocycles. The highest BCUT2D eigenvalue weighted by molar-refractivity contribution is 6.03. The lowest BCUT2D eigenvalue weighted by Crippen LogP contribution is -2.16. The van der Waals surface area contributed by atoms with E-state index >= 15 is 0 Å². The molecule has 0 saturated heterocycles. The molecule has 1 N–H and O–H groups in total. The molecule has 0 atom stereocenters. The smallest absolute Gasteiger partial charge is 0.274 e. The lowest BCUT2D eigenvalue weighted by atomic mass is 10.3. The van der Waals surface area contributed by atoms with Crippen LogP contribution in [0.25, 0.3) is 0 Å². The number of nitrogens with zero attached hydrogens (tertiary/aromatic N) is 3. The molecule has 0 fully saturated rings. The average molecular weight is 234 g/mol. The van der Waals surface area contributed by atoms with Gasteiger partial charge in [-0.3, -0.25) is 9.48 Å². The molecule has 17 heavy (non-hydrogen) atoms. The summed E-state index contributed by atoms with van der Waals surface area (Å²) >= 11 is 0. The van der Waals surface area contributed by atoms with E-state index in [4.69, 9.17) is 4.52 Å². The van der Waals surface area contributed by atoms with Crippen molar-refractivity contribution < 1.29 is 9.32 Å². The molecule has 6 heteroatoms. The predicted octanol–water partition coefficient (Wildman–Crippen LogP) is 1.59. The van der Waals surface area contributed by atoms with Crippen molar-refractivity contribution in [2.75, 3.05) is 5.32 Å². The summed E-state index contributed by atoms with van der Waals surface area (Å²) in [4.78, 5) is 12.0. The average Bonchev–Trinajstić information content (AvgIpc) is 2.74. The Balaban J connectivity index is 2.26. The predicted molar refractivity (Wildman–Crippen MR) is 61.9 cm³/mol. The Bertz CT molecular complexity index is 549. The van der Waals surface area contributed by atoms with Crippen LogP contribution >= 0.6 is 0 Å². The van der Waals surface area contributed by atoms with Crippen LogP contribution in [0.4, 0.5) is 5.69 Å². The molecule has 90 valence electrons. The highest BCUT2D eigenvalue weighted by Crippen LogP contribution is 2.19. The molecule has 0 bridgehead atoms. The van der Waals surface area contributed by atoms with Crippen molar-refractivity contribution in [2.24, 2.45) is 7.05 Å². The van der Waals surface area contributed by atoms with Gasteiger partial charge in [-0.1, -0.05) is 5.16 Å². The van der Waals surface area contributed by atoms with Crippen molar-refractivity contribution in [1.82, 2.24) is 14.9 Å². The quantitative estimate of drug-likeness (QED) is 0.856. The summed E-state index contributed by atoms with van der Waals surface area (Å²) < 4.78 is 6.52. The van der Waals surface area contributed by atoms with Gasteiger partial charge in [0.25, 0.3) is 5.91 Å². The van der Waals surface area contributed by atoms with Gasteiger partial charge >= 0.3 is 0 Å². The summed E-state index contributed by atoms with van der Waals surface area (Å²) in [5, 5.41) is 10.7. The molecule has 0 spiro atoms. The standard InChI is InChI=1S/C11H14N4O2/c1-6-5-9(15(4)13-6)11(16)12-10-7(2)14-17-8(10)3/h5H,1-4H3,(H,12,16). The highest BCUT2D eigenvalue weighted by Gasteiger charge is 2.16. The number of anilines is 1. The molecular formula is C11H14N4O2. The Morgan fingerprint density at radius 2 is 2.12 bits per heavy atom. The summed E-state index contributed by atoms with van der Waals surface area (Å²) in [5.41, 5.74) is 2.59. The fraction of sp³-hybridized carbons (Fsp3) is 0.364. The Morgan fingerprint density at radius 3 is 2.59 bits per heavy atom. The SMILES string of the molecule is Cc1cc(C(=O)Nc2c(C)noc2C)n(C)n1. The van der Waals surface area contributed by atoms with Crippen LogP contribution in [0.1, 0.15) is 27.6 Å². The minimum atomic E-state index is -0.220. The number of aromatic nitrogens is 3. The maximum atomic E-state index is 12.0. The molecule has 0 saturated carbocycles. The van der Waals surface area contributed by atoms with Gasteiger partial charge < -0.3 is 9.84 Å². The Hall–Kier alpha value is -2.11. The number of hydrogen-bond donors (Lipinski definition) is 1. The van der Waals surface area contributed by atoms with Crippen LogP contribution in [0.3, 0.4) is 0 Å². The van der Waals surface area contributed by atoms with E-state index in [1.54, 1.807) is 31.6 Å². The summed E-state index contributed by atoms with van der Waals surface area (Å²) in [6.07, 6.45) is 0. The Kier molecular flexibility index (Phi) is 2.71. The zero-order valence-corrected chi connectivity index (χ0v) is 10.2. The molecule has 0 aliphatic heterocycles. The van der Waals surface area contributed by atoms with Crippen LogP contribution in [0.15, 0.2) is 10.6 Å². The van der Waals surface area contributed by atoms with Gasteiger partial charge in [0.15, 0.2) is 5.76 Å². The molecule has 0 unspecified atom stereocenters. The second-order valence-electron chi connectivity index (χ2n) is 3.95. The largest absolute Gasteiger partial charge is 0.359 e. The van der Waals surface area contributed by atoms with Gasteiger partial charge in [0, 0.05) is 7.05 Å². The van der Waals surface area contributed by atoms with Crippen molar-refractivity contribution >= 4 is 11.6 Å². The lowest BCUT2D eigenvalue weighted by molar-refractivity contribution is 0.101. The van der Waals surface area contributed by atoms with E-state index in [9.17, 15) is 4.79 Å². The van der Waals surface area contributed by atoms with Crippen LogP contribution < -0.4 is 5.32 Å². The van der Waals surface area contributed by atoms with Gasteiger partial charge in [0.1, 0.15) is 17.1 Å². The van der Waals surface area contributed by atoms with Crippen molar-refractivity contribution in [3.8, 4) is 0 Å². The van der Waals surface area contributed by atoms with Gasteiger partial charge in [-0.15, -0.1) is 0 Å². The first-order chi connectivity index (χ1) is 7.99. The van der Waals surface area contributed by atoms with Crippen molar-refractivity contribution in [3.05, 3.63) is 28.9 Å². The van der Waals surface area contributed by atoms with Crippen molar-refractivity contribution in [3.63, 3.8) is 0 Å². The summed E-state index contributed by atoms with van der Waals surface area (Å²) in [7, 11) is 1.73. The molecular weight excluding hydrogens is 220 g/mol. The van der Waals surface area contributed by atoms with E-state index in [-0.39, 0.29) is 5.91 Å². The zero-order chi connectivity index (χ0) is 12.6. The molecule has 2 aromatic heterocycles. The molecule has 0 radical (unpaired) electrons. The number of rotatable bonds is 2. The second-order valence-corrected chi connectivity index (χ2v) is 3.95. The molecule has 2 heterocycles. The van der Waals surface area contributed by atoms with E-state index in [2.05, 4.69) is 15.6 Å². The maximum absolute atomic E-state index is 12.0. The van der Waals surface area contributed by atoms with E-state index < -0.39 is 0 Å². The monoisotopic (exact) mass is 234 g/mol. The molecule has 2 aromatic rings. The van der Waals surface area contributed by atoms with Gasteiger partial charge in [0.2, 0.25) is 0 Å². The molecule has 1 amide bonds. The van der Waals surface area contributed by atoms with Gasteiger partial charge in [-0.05, 0) is 26.8 Å². The first-order valence-corrected chi connectivity index (χ1v) is 5.24. The summed E-state index contributed by atoms with van der Waals surface area (Å²) in [6, 6.07) is 1.73. The molecule has 0 aliphatic carbocycles. The Morgan fingerprint density at radius 1 is 1.41 bits per heavy atom. The third kappa shape index (κ3) is 2.06.